The molecule has 138 valence electrons. The summed E-state index contributed by atoms with van der Waals surface area (Å²) in [6.45, 7) is 0. The number of nitriles is 2. The van der Waals surface area contributed by atoms with Gasteiger partial charge in [0.15, 0.2) is 0 Å². The van der Waals surface area contributed by atoms with Crippen molar-refractivity contribution < 1.29 is 22.3 Å². The molecule has 4 nitrogen and oxygen atoms in total. The van der Waals surface area contributed by atoms with E-state index in [9.17, 15) is 13.2 Å². The zero-order valence-electron chi connectivity index (χ0n) is 14.2. The van der Waals surface area contributed by atoms with Gasteiger partial charge in [0.2, 0.25) is 0 Å². The van der Waals surface area contributed by atoms with Crippen LogP contribution < -0.4 is 4.74 Å². The number of nitrogens with zero attached hydrogens (tertiary/aromatic N) is 2. The van der Waals surface area contributed by atoms with E-state index in [0.717, 1.165) is 35.4 Å². The number of furan rings is 2. The molecule has 0 fully saturated rings. The average molecular weight is 380 g/mol. The lowest BCUT2D eigenvalue weighted by Gasteiger charge is -2.10. The van der Waals surface area contributed by atoms with E-state index in [-0.39, 0.29) is 22.6 Å². The smallest absolute Gasteiger partial charge is 0.416 e. The Bertz CT molecular complexity index is 1100. The molecule has 0 saturated carbocycles. The molecule has 0 aliphatic heterocycles. The van der Waals surface area contributed by atoms with Gasteiger partial charge in [0, 0.05) is 0 Å². The van der Waals surface area contributed by atoms with Crippen LogP contribution in [0.3, 0.4) is 0 Å². The first-order valence-electron chi connectivity index (χ1n) is 7.97. The predicted molar refractivity (Wildman–Crippen MR) is 94.8 cm³/mol. The lowest BCUT2D eigenvalue weighted by atomic mass is 10.1. The van der Waals surface area contributed by atoms with Crippen molar-refractivity contribution in [3.63, 3.8) is 0 Å². The summed E-state index contributed by atoms with van der Waals surface area (Å²) >= 11 is 0. The van der Waals surface area contributed by atoms with Crippen molar-refractivity contribution in [2.24, 2.45) is 0 Å². The second-order valence-electron chi connectivity index (χ2n) is 5.60. The maximum Gasteiger partial charge on any atom is 0.416 e. The molecule has 4 rings (SSSR count). The molecule has 2 aromatic heterocycles. The quantitative estimate of drug-likeness (QED) is 0.421. The van der Waals surface area contributed by atoms with Gasteiger partial charge in [-0.05, 0) is 60.7 Å². The number of ether oxygens (including phenoxy) is 1. The Morgan fingerprint density at radius 1 is 0.786 bits per heavy atom. The fourth-order valence-electron chi connectivity index (χ4n) is 2.38. The predicted octanol–water partition coefficient (Wildman–Crippen LogP) is 6.11. The summed E-state index contributed by atoms with van der Waals surface area (Å²) < 4.78 is 47.8. The maximum absolute atomic E-state index is 12.4. The minimum absolute atomic E-state index is 0.0416. The van der Waals surface area contributed by atoms with Gasteiger partial charge in [-0.3, -0.25) is 0 Å². The molecule has 0 aliphatic carbocycles. The third kappa shape index (κ3) is 4.22. The molecule has 2 aromatic carbocycles. The molecule has 0 aliphatic rings. The number of hydrogen-bond donors (Lipinski definition) is 0. The van der Waals surface area contributed by atoms with E-state index >= 15 is 0 Å². The van der Waals surface area contributed by atoms with Crippen LogP contribution in [-0.2, 0) is 6.18 Å². The molecule has 7 heteroatoms. The van der Waals surface area contributed by atoms with E-state index in [1.807, 2.05) is 36.4 Å². The molecule has 0 N–H and O–H groups in total. The largest absolute Gasteiger partial charge is 0.457 e. The van der Waals surface area contributed by atoms with E-state index in [0.29, 0.717) is 0 Å². The van der Waals surface area contributed by atoms with Crippen molar-refractivity contribution in [1.29, 1.82) is 10.5 Å². The number of alkyl halides is 3. The Labute approximate surface area is 157 Å². The summed E-state index contributed by atoms with van der Waals surface area (Å²) in [5, 5.41) is 17.9. The summed E-state index contributed by atoms with van der Waals surface area (Å²) in [5.74, 6) is 0.269. The first-order valence-corrected chi connectivity index (χ1v) is 7.97. The molecule has 0 amide bonds. The van der Waals surface area contributed by atoms with Crippen molar-refractivity contribution in [3.8, 4) is 23.6 Å². The monoisotopic (exact) mass is 380 g/mol. The first kappa shape index (κ1) is 18.8. The number of rotatable bonds is 2. The Morgan fingerprint density at radius 2 is 1.39 bits per heavy atom. The summed E-state index contributed by atoms with van der Waals surface area (Å²) in [6, 6.07) is 20.0. The molecule has 0 spiro atoms. The molecule has 0 radical (unpaired) electrons. The lowest BCUT2D eigenvalue weighted by molar-refractivity contribution is -0.137. The van der Waals surface area contributed by atoms with Gasteiger partial charge >= 0.3 is 6.18 Å². The van der Waals surface area contributed by atoms with Crippen molar-refractivity contribution >= 4 is 11.2 Å². The van der Waals surface area contributed by atoms with Crippen molar-refractivity contribution in [2.45, 2.75) is 6.18 Å². The summed E-state index contributed by atoms with van der Waals surface area (Å²) in [5.41, 5.74) is 1.33. The summed E-state index contributed by atoms with van der Waals surface area (Å²) in [4.78, 5) is 0. The highest BCUT2D eigenvalue weighted by molar-refractivity contribution is 5.59. The highest BCUT2D eigenvalue weighted by Crippen LogP contribution is 2.32. The van der Waals surface area contributed by atoms with E-state index in [4.69, 9.17) is 19.7 Å². The Kier molecular flexibility index (Phi) is 5.19. The molecule has 0 atom stereocenters. The molecular formula is C21H11F3N2O2. The SMILES string of the molecule is N#Cc1cccc(Oc2ccc(C(F)(F)F)cc2)c1C#N.c1cc2ccc1o2. The molecule has 0 unspecified atom stereocenters. The third-order valence-electron chi connectivity index (χ3n) is 3.73. The van der Waals surface area contributed by atoms with Gasteiger partial charge in [-0.2, -0.15) is 23.7 Å². The van der Waals surface area contributed by atoms with Gasteiger partial charge in [0.25, 0.3) is 0 Å². The second-order valence-corrected chi connectivity index (χ2v) is 5.60. The topological polar surface area (TPSA) is 69.9 Å². The molecular weight excluding hydrogens is 369 g/mol. The summed E-state index contributed by atoms with van der Waals surface area (Å²) in [7, 11) is 0. The Balaban J connectivity index is 0.000000264. The van der Waals surface area contributed by atoms with E-state index in [1.54, 1.807) is 0 Å². The van der Waals surface area contributed by atoms with Crippen molar-refractivity contribution in [2.75, 3.05) is 0 Å². The standard InChI is InChI=1S/C15H7F3N2O.C6H4O/c16-15(17,18)11-4-6-12(7-5-11)21-14-3-1-2-10(8-19)13(14)9-20;1-2-6-4-3-5(1)7-6/h1-7H;1-4H. The number of fused-ring (bicyclic) bond motifs is 2. The van der Waals surface area contributed by atoms with Crippen LogP contribution in [-0.4, -0.2) is 0 Å². The van der Waals surface area contributed by atoms with Gasteiger partial charge in [0.1, 0.15) is 40.4 Å². The second kappa shape index (κ2) is 7.73. The minimum Gasteiger partial charge on any atom is -0.457 e. The number of benzene rings is 3. The third-order valence-corrected chi connectivity index (χ3v) is 3.73. The van der Waals surface area contributed by atoms with Crippen molar-refractivity contribution in [3.05, 3.63) is 83.4 Å². The normalized spacial score (nSPS) is 10.6. The van der Waals surface area contributed by atoms with Gasteiger partial charge in [-0.1, -0.05) is 6.07 Å². The van der Waals surface area contributed by atoms with Crippen LogP contribution in [0.1, 0.15) is 16.7 Å². The molecule has 0 saturated heterocycles. The highest BCUT2D eigenvalue weighted by atomic mass is 19.4. The number of halogens is 3. The van der Waals surface area contributed by atoms with Crippen LogP contribution in [0.25, 0.3) is 11.2 Å². The van der Waals surface area contributed by atoms with Crippen LogP contribution in [0.2, 0.25) is 0 Å². The fourth-order valence-corrected chi connectivity index (χ4v) is 2.38. The molecule has 2 heterocycles. The Morgan fingerprint density at radius 3 is 1.82 bits per heavy atom. The number of hydrogen-bond acceptors (Lipinski definition) is 4. The van der Waals surface area contributed by atoms with Crippen LogP contribution in [0, 0.1) is 22.7 Å². The van der Waals surface area contributed by atoms with E-state index < -0.39 is 11.7 Å². The van der Waals surface area contributed by atoms with Crippen LogP contribution >= 0.6 is 0 Å². The van der Waals surface area contributed by atoms with E-state index in [1.165, 1.54) is 18.2 Å². The molecule has 2 bridgehead atoms. The Hall–Kier alpha value is -3.97. The fraction of sp³-hybridized carbons (Fsp3) is 0.0476. The highest BCUT2D eigenvalue weighted by Gasteiger charge is 2.30. The summed E-state index contributed by atoms with van der Waals surface area (Å²) in [6.07, 6.45) is -4.42. The lowest BCUT2D eigenvalue weighted by Crippen LogP contribution is -2.04. The minimum atomic E-state index is -4.42. The zero-order chi connectivity index (χ0) is 20.1. The van der Waals surface area contributed by atoms with Crippen LogP contribution in [0.4, 0.5) is 13.2 Å². The van der Waals surface area contributed by atoms with E-state index in [2.05, 4.69) is 0 Å². The zero-order valence-corrected chi connectivity index (χ0v) is 14.2. The van der Waals surface area contributed by atoms with Gasteiger partial charge in [-0.25, -0.2) is 0 Å². The molecule has 4 aromatic rings. The average Bonchev–Trinajstić information content (AvgIpc) is 3.34. The van der Waals surface area contributed by atoms with Gasteiger partial charge < -0.3 is 9.15 Å². The van der Waals surface area contributed by atoms with Crippen LogP contribution in [0.5, 0.6) is 11.5 Å². The molecule has 28 heavy (non-hydrogen) atoms. The maximum atomic E-state index is 12.4. The van der Waals surface area contributed by atoms with Gasteiger partial charge in [-0.15, -0.1) is 0 Å². The van der Waals surface area contributed by atoms with Crippen molar-refractivity contribution in [1.82, 2.24) is 0 Å². The van der Waals surface area contributed by atoms with Crippen LogP contribution in [0.15, 0.2) is 71.1 Å². The van der Waals surface area contributed by atoms with Gasteiger partial charge in [0.05, 0.1) is 11.1 Å². The first-order chi connectivity index (χ1) is 13.4.